The number of nitrogens with one attached hydrogen (secondary N) is 1. The Kier molecular flexibility index (Phi) is 8.06. The predicted octanol–water partition coefficient (Wildman–Crippen LogP) is 1.62. The largest absolute Gasteiger partial charge is 0.379 e. The fraction of sp³-hybridized carbons (Fsp3) is 0.667. The van der Waals surface area contributed by atoms with Crippen LogP contribution in [-0.4, -0.2) is 76.0 Å². The van der Waals surface area contributed by atoms with Crippen LogP contribution in [0.5, 0.6) is 0 Å². The molecular formula is C21H33N3O4S. The molecule has 2 aliphatic heterocycles. The van der Waals surface area contributed by atoms with Gasteiger partial charge in [-0.1, -0.05) is 18.2 Å². The van der Waals surface area contributed by atoms with E-state index in [0.29, 0.717) is 31.0 Å². The lowest BCUT2D eigenvalue weighted by Crippen LogP contribution is -2.42. The zero-order chi connectivity index (χ0) is 20.7. The van der Waals surface area contributed by atoms with Crippen molar-refractivity contribution in [3.05, 3.63) is 29.8 Å². The van der Waals surface area contributed by atoms with Gasteiger partial charge in [-0.3, -0.25) is 9.69 Å². The number of rotatable bonds is 8. The van der Waals surface area contributed by atoms with Crippen molar-refractivity contribution in [2.45, 2.75) is 37.5 Å². The van der Waals surface area contributed by atoms with Crippen molar-refractivity contribution in [1.29, 1.82) is 0 Å². The Morgan fingerprint density at radius 2 is 1.97 bits per heavy atom. The van der Waals surface area contributed by atoms with Gasteiger partial charge in [0, 0.05) is 45.7 Å². The molecule has 1 atom stereocenters. The first-order valence-electron chi connectivity index (χ1n) is 10.6. The molecule has 0 aliphatic carbocycles. The first-order valence-corrected chi connectivity index (χ1v) is 12.0. The number of nitrogens with zero attached hydrogens (tertiary/aromatic N) is 2. The number of hydrogen-bond donors (Lipinski definition) is 1. The number of morpholine rings is 1. The van der Waals surface area contributed by atoms with Crippen LogP contribution in [-0.2, 0) is 19.6 Å². The average molecular weight is 424 g/mol. The second kappa shape index (κ2) is 10.5. The van der Waals surface area contributed by atoms with Gasteiger partial charge < -0.3 is 10.1 Å². The minimum Gasteiger partial charge on any atom is -0.379 e. The Morgan fingerprint density at radius 1 is 1.21 bits per heavy atom. The Hall–Kier alpha value is -1.48. The van der Waals surface area contributed by atoms with Crippen molar-refractivity contribution in [1.82, 2.24) is 14.5 Å². The molecular weight excluding hydrogens is 390 g/mol. The van der Waals surface area contributed by atoms with E-state index in [2.05, 4.69) is 10.2 Å². The maximum absolute atomic E-state index is 13.0. The van der Waals surface area contributed by atoms with Crippen molar-refractivity contribution in [3.8, 4) is 0 Å². The number of sulfonamides is 1. The number of carbonyl (C=O) groups is 1. The summed E-state index contributed by atoms with van der Waals surface area (Å²) in [5.41, 5.74) is 0.772. The van der Waals surface area contributed by atoms with Crippen molar-refractivity contribution in [2.24, 2.45) is 5.92 Å². The van der Waals surface area contributed by atoms with Crippen molar-refractivity contribution >= 4 is 15.9 Å². The van der Waals surface area contributed by atoms with Crippen molar-refractivity contribution in [2.75, 3.05) is 52.5 Å². The number of carbonyl (C=O) groups excluding carboxylic acids is 1. The van der Waals surface area contributed by atoms with Gasteiger partial charge in [-0.15, -0.1) is 0 Å². The first kappa shape index (κ1) is 22.2. The smallest absolute Gasteiger partial charge is 0.243 e. The molecule has 1 N–H and O–H groups in total. The summed E-state index contributed by atoms with van der Waals surface area (Å²) in [7, 11) is -3.47. The normalized spacial score (nSPS) is 21.8. The number of aryl methyl sites for hydroxylation is 1. The molecule has 0 spiro atoms. The molecule has 7 nitrogen and oxygen atoms in total. The monoisotopic (exact) mass is 423 g/mol. The predicted molar refractivity (Wildman–Crippen MR) is 112 cm³/mol. The lowest BCUT2D eigenvalue weighted by molar-refractivity contribution is -0.121. The highest BCUT2D eigenvalue weighted by atomic mass is 32.2. The van der Waals surface area contributed by atoms with Crippen LogP contribution >= 0.6 is 0 Å². The Labute approximate surface area is 174 Å². The SMILES string of the molecule is Cc1ccccc1S(=O)(=O)N1CCCC(CCC(=O)NCCN2CCOCC2)C1. The fourth-order valence-corrected chi connectivity index (χ4v) is 5.85. The van der Waals surface area contributed by atoms with E-state index in [1.165, 1.54) is 0 Å². The third-order valence-corrected chi connectivity index (χ3v) is 7.85. The highest BCUT2D eigenvalue weighted by Gasteiger charge is 2.31. The maximum atomic E-state index is 13.0. The van der Waals surface area contributed by atoms with E-state index >= 15 is 0 Å². The summed E-state index contributed by atoms with van der Waals surface area (Å²) in [6, 6.07) is 7.12. The van der Waals surface area contributed by atoms with Crippen LogP contribution in [0.25, 0.3) is 0 Å². The molecule has 29 heavy (non-hydrogen) atoms. The summed E-state index contributed by atoms with van der Waals surface area (Å²) in [6.45, 7) is 7.74. The Bertz CT molecular complexity index is 778. The highest BCUT2D eigenvalue weighted by molar-refractivity contribution is 7.89. The standard InChI is InChI=1S/C21H33N3O4S/c1-18-5-2-3-7-20(18)29(26,27)24-11-4-6-19(17-24)8-9-21(25)22-10-12-23-13-15-28-16-14-23/h2-3,5,7,19H,4,6,8-17H2,1H3,(H,22,25). The third kappa shape index (κ3) is 6.25. The van der Waals surface area contributed by atoms with Crippen LogP contribution in [0.15, 0.2) is 29.2 Å². The molecule has 2 fully saturated rings. The number of benzene rings is 1. The summed E-state index contributed by atoms with van der Waals surface area (Å²) in [5.74, 6) is 0.282. The second-order valence-corrected chi connectivity index (χ2v) is 9.89. The number of amides is 1. The van der Waals surface area contributed by atoms with Crippen LogP contribution in [0.2, 0.25) is 0 Å². The Balaban J connectivity index is 1.43. The van der Waals surface area contributed by atoms with Gasteiger partial charge in [-0.25, -0.2) is 8.42 Å². The topological polar surface area (TPSA) is 79.0 Å². The van der Waals surface area contributed by atoms with Crippen LogP contribution in [0.1, 0.15) is 31.2 Å². The molecule has 3 rings (SSSR count). The van der Waals surface area contributed by atoms with Gasteiger partial charge in [-0.05, 0) is 43.7 Å². The van der Waals surface area contributed by atoms with E-state index in [-0.39, 0.29) is 11.8 Å². The third-order valence-electron chi connectivity index (χ3n) is 5.83. The van der Waals surface area contributed by atoms with Gasteiger partial charge in [0.25, 0.3) is 0 Å². The van der Waals surface area contributed by atoms with E-state index in [0.717, 1.165) is 57.7 Å². The molecule has 2 heterocycles. The molecule has 1 amide bonds. The molecule has 0 bridgehead atoms. The lowest BCUT2D eigenvalue weighted by atomic mass is 9.94. The number of hydrogen-bond acceptors (Lipinski definition) is 5. The van der Waals surface area contributed by atoms with Crippen molar-refractivity contribution in [3.63, 3.8) is 0 Å². The van der Waals surface area contributed by atoms with E-state index < -0.39 is 10.0 Å². The second-order valence-electron chi connectivity index (χ2n) is 7.98. The van der Waals surface area contributed by atoms with Crippen LogP contribution in [0.3, 0.4) is 0 Å². The summed E-state index contributed by atoms with van der Waals surface area (Å²) < 4.78 is 33.0. The van der Waals surface area contributed by atoms with Crippen LogP contribution < -0.4 is 5.32 Å². The number of piperidine rings is 1. The van der Waals surface area contributed by atoms with Crippen molar-refractivity contribution < 1.29 is 17.9 Å². The number of ether oxygens (including phenoxy) is 1. The molecule has 1 aromatic rings. The molecule has 0 saturated carbocycles. The molecule has 2 aliphatic rings. The average Bonchev–Trinajstić information content (AvgIpc) is 2.73. The van der Waals surface area contributed by atoms with E-state index in [9.17, 15) is 13.2 Å². The van der Waals surface area contributed by atoms with E-state index in [4.69, 9.17) is 4.74 Å². The molecule has 8 heteroatoms. The summed E-state index contributed by atoms with van der Waals surface area (Å²) in [5, 5.41) is 2.99. The molecule has 1 aromatic carbocycles. The first-order chi connectivity index (χ1) is 14.0. The summed E-state index contributed by atoms with van der Waals surface area (Å²) >= 11 is 0. The summed E-state index contributed by atoms with van der Waals surface area (Å²) in [6.07, 6.45) is 2.99. The van der Waals surface area contributed by atoms with Crippen LogP contribution in [0.4, 0.5) is 0 Å². The zero-order valence-electron chi connectivity index (χ0n) is 17.3. The van der Waals surface area contributed by atoms with Gasteiger partial charge in [0.15, 0.2) is 0 Å². The molecule has 2 saturated heterocycles. The lowest BCUT2D eigenvalue weighted by Gasteiger charge is -2.32. The van der Waals surface area contributed by atoms with Gasteiger partial charge in [0.2, 0.25) is 15.9 Å². The minimum absolute atomic E-state index is 0.0529. The van der Waals surface area contributed by atoms with Gasteiger partial charge in [-0.2, -0.15) is 4.31 Å². The van der Waals surface area contributed by atoms with Gasteiger partial charge in [0.05, 0.1) is 18.1 Å². The maximum Gasteiger partial charge on any atom is 0.243 e. The van der Waals surface area contributed by atoms with Gasteiger partial charge in [0.1, 0.15) is 0 Å². The quantitative estimate of drug-likeness (QED) is 0.688. The van der Waals surface area contributed by atoms with E-state index in [1.807, 2.05) is 19.1 Å². The molecule has 0 aromatic heterocycles. The zero-order valence-corrected chi connectivity index (χ0v) is 18.1. The molecule has 1 unspecified atom stereocenters. The fourth-order valence-electron chi connectivity index (χ4n) is 4.07. The minimum atomic E-state index is -3.47. The van der Waals surface area contributed by atoms with Crippen LogP contribution in [0, 0.1) is 12.8 Å². The Morgan fingerprint density at radius 3 is 2.72 bits per heavy atom. The van der Waals surface area contributed by atoms with Gasteiger partial charge >= 0.3 is 0 Å². The molecule has 0 radical (unpaired) electrons. The van der Waals surface area contributed by atoms with E-state index in [1.54, 1.807) is 16.4 Å². The summed E-state index contributed by atoms with van der Waals surface area (Å²) in [4.78, 5) is 14.9. The highest BCUT2D eigenvalue weighted by Crippen LogP contribution is 2.27. The molecule has 162 valence electrons.